The van der Waals surface area contributed by atoms with E-state index >= 15 is 0 Å². The van der Waals surface area contributed by atoms with Gasteiger partial charge in [-0.2, -0.15) is 9.49 Å². The molecule has 0 radical (unpaired) electrons. The third kappa shape index (κ3) is 5.48. The predicted molar refractivity (Wildman–Crippen MR) is 118 cm³/mol. The van der Waals surface area contributed by atoms with Gasteiger partial charge in [0.25, 0.3) is 0 Å². The van der Waals surface area contributed by atoms with Crippen molar-refractivity contribution in [2.24, 2.45) is 5.41 Å². The number of hydrogen-bond donors (Lipinski definition) is 1. The molecule has 176 valence electrons. The Morgan fingerprint density at radius 3 is 2.55 bits per heavy atom. The fourth-order valence-electron chi connectivity index (χ4n) is 3.24. The average molecular weight is 477 g/mol. The first-order valence-corrected chi connectivity index (χ1v) is 11.5. The van der Waals surface area contributed by atoms with Crippen LogP contribution in [0.1, 0.15) is 26.5 Å². The number of carbonyl (C=O) groups is 1. The van der Waals surface area contributed by atoms with E-state index in [1.165, 1.54) is 49.7 Å². The number of benzene rings is 1. The first-order valence-electron chi connectivity index (χ1n) is 9.99. The fourth-order valence-corrected chi connectivity index (χ4v) is 4.66. The molecule has 0 atom stereocenters. The van der Waals surface area contributed by atoms with E-state index in [4.69, 9.17) is 4.74 Å². The molecule has 0 unspecified atom stereocenters. The maximum atomic E-state index is 14.5. The summed E-state index contributed by atoms with van der Waals surface area (Å²) in [5.41, 5.74) is -0.374. The molecule has 0 aliphatic heterocycles. The molecule has 0 saturated heterocycles. The van der Waals surface area contributed by atoms with Gasteiger partial charge in [-0.25, -0.2) is 22.9 Å². The summed E-state index contributed by atoms with van der Waals surface area (Å²) in [6, 6.07) is 9.89. The molecule has 0 aliphatic carbocycles. The number of nitrogens with zero attached hydrogens (tertiary/aromatic N) is 4. The van der Waals surface area contributed by atoms with Crippen LogP contribution in [0, 0.1) is 11.4 Å². The molecule has 1 aromatic carbocycles. The van der Waals surface area contributed by atoms with Gasteiger partial charge in [-0.1, -0.05) is 26.8 Å². The average Bonchev–Trinajstić information content (AvgIpc) is 3.17. The van der Waals surface area contributed by atoms with Crippen LogP contribution in [0.2, 0.25) is 0 Å². The highest BCUT2D eigenvalue weighted by Gasteiger charge is 2.29. The third-order valence-corrected chi connectivity index (χ3v) is 6.33. The molecular weight excluding hydrogens is 451 g/mol. The minimum atomic E-state index is -4.18. The van der Waals surface area contributed by atoms with Gasteiger partial charge in [-0.3, -0.25) is 0 Å². The Bertz CT molecular complexity index is 1270. The van der Waals surface area contributed by atoms with Crippen molar-refractivity contribution in [3.63, 3.8) is 0 Å². The number of ether oxygens (including phenoxy) is 1. The van der Waals surface area contributed by atoms with Gasteiger partial charge in [0.15, 0.2) is 5.03 Å². The summed E-state index contributed by atoms with van der Waals surface area (Å²) in [6.07, 6.45) is 0.0545. The number of sulfone groups is 1. The second-order valence-corrected chi connectivity index (χ2v) is 10.5. The van der Waals surface area contributed by atoms with E-state index in [2.05, 4.69) is 10.1 Å². The Hall–Kier alpha value is -3.47. The minimum Gasteiger partial charge on any atom is -0.497 e. The topological polar surface area (TPSA) is 115 Å². The monoisotopic (exact) mass is 476 g/mol. The Morgan fingerprint density at radius 2 is 1.94 bits per heavy atom. The van der Waals surface area contributed by atoms with Crippen molar-refractivity contribution in [1.29, 1.82) is 0 Å². The SMILES string of the molecule is COc1cccc(S(=O)(=O)c2cc(CN(CC(C)(C)C)C(=O)O)nn2-c2cccnc2F)c1. The van der Waals surface area contributed by atoms with Crippen molar-refractivity contribution in [1.82, 2.24) is 19.7 Å². The number of methoxy groups -OCH3 is 1. The number of hydrogen-bond acceptors (Lipinski definition) is 6. The molecule has 0 saturated carbocycles. The van der Waals surface area contributed by atoms with Gasteiger partial charge in [0.05, 0.1) is 24.2 Å². The van der Waals surface area contributed by atoms with E-state index in [0.717, 1.165) is 9.58 Å². The zero-order chi connectivity index (χ0) is 24.4. The highest BCUT2D eigenvalue weighted by atomic mass is 32.2. The minimum absolute atomic E-state index is 0.0800. The van der Waals surface area contributed by atoms with E-state index in [-0.39, 0.29) is 39.8 Å². The van der Waals surface area contributed by atoms with E-state index in [0.29, 0.717) is 5.75 Å². The van der Waals surface area contributed by atoms with Crippen LogP contribution in [0.25, 0.3) is 5.69 Å². The summed E-state index contributed by atoms with van der Waals surface area (Å²) in [6.45, 7) is 5.65. The Kier molecular flexibility index (Phi) is 6.73. The molecule has 3 aromatic rings. The largest absolute Gasteiger partial charge is 0.497 e. The van der Waals surface area contributed by atoms with Crippen molar-refractivity contribution in [2.45, 2.75) is 37.2 Å². The van der Waals surface area contributed by atoms with Crippen LogP contribution < -0.4 is 4.74 Å². The first-order chi connectivity index (χ1) is 15.4. The van der Waals surface area contributed by atoms with Crippen LogP contribution in [0.3, 0.4) is 0 Å². The standard InChI is InChI=1S/C22H25FN4O5S/c1-22(2,3)14-26(21(28)29)13-15-11-19(27(25-15)18-9-6-10-24-20(18)23)33(30,31)17-8-5-7-16(12-17)32-4/h5-12H,13-14H2,1-4H3,(H,28,29). The van der Waals surface area contributed by atoms with Crippen LogP contribution in [-0.2, 0) is 16.4 Å². The number of pyridine rings is 1. The van der Waals surface area contributed by atoms with Crippen LogP contribution in [0.4, 0.5) is 9.18 Å². The molecule has 0 aliphatic rings. The van der Waals surface area contributed by atoms with Crippen molar-refractivity contribution in [3.8, 4) is 11.4 Å². The molecule has 11 heteroatoms. The Balaban J connectivity index is 2.15. The molecule has 0 spiro atoms. The number of amides is 1. The Morgan fingerprint density at radius 1 is 1.21 bits per heavy atom. The second kappa shape index (κ2) is 9.18. The summed E-state index contributed by atoms with van der Waals surface area (Å²) < 4.78 is 47.5. The number of halogens is 1. The number of rotatable bonds is 7. The van der Waals surface area contributed by atoms with E-state index in [1.54, 1.807) is 6.07 Å². The van der Waals surface area contributed by atoms with Crippen molar-refractivity contribution in [3.05, 3.63) is 60.3 Å². The van der Waals surface area contributed by atoms with Crippen LogP contribution in [0.15, 0.2) is 58.6 Å². The lowest BCUT2D eigenvalue weighted by Crippen LogP contribution is -2.36. The summed E-state index contributed by atoms with van der Waals surface area (Å²) in [5, 5.41) is 13.5. The summed E-state index contributed by atoms with van der Waals surface area (Å²) in [7, 11) is -2.77. The maximum absolute atomic E-state index is 14.5. The lowest BCUT2D eigenvalue weighted by molar-refractivity contribution is 0.122. The Labute approximate surface area is 191 Å². The van der Waals surface area contributed by atoms with Gasteiger partial charge in [0.2, 0.25) is 15.8 Å². The van der Waals surface area contributed by atoms with Gasteiger partial charge in [-0.05, 0) is 35.7 Å². The lowest BCUT2D eigenvalue weighted by Gasteiger charge is -2.27. The lowest BCUT2D eigenvalue weighted by atomic mass is 9.96. The van der Waals surface area contributed by atoms with Crippen molar-refractivity contribution in [2.75, 3.05) is 13.7 Å². The van der Waals surface area contributed by atoms with Gasteiger partial charge < -0.3 is 14.7 Å². The summed E-state index contributed by atoms with van der Waals surface area (Å²) in [5.74, 6) is -0.587. The molecule has 9 nitrogen and oxygen atoms in total. The van der Waals surface area contributed by atoms with Crippen molar-refractivity contribution >= 4 is 15.9 Å². The molecule has 0 bridgehead atoms. The van der Waals surface area contributed by atoms with Gasteiger partial charge >= 0.3 is 6.09 Å². The first kappa shape index (κ1) is 24.2. The van der Waals surface area contributed by atoms with Gasteiger partial charge in [-0.15, -0.1) is 0 Å². The summed E-state index contributed by atoms with van der Waals surface area (Å²) in [4.78, 5) is 16.4. The molecule has 2 aromatic heterocycles. The quantitative estimate of drug-likeness (QED) is 0.516. The molecule has 1 amide bonds. The van der Waals surface area contributed by atoms with E-state index in [1.807, 2.05) is 20.8 Å². The predicted octanol–water partition coefficient (Wildman–Crippen LogP) is 3.77. The van der Waals surface area contributed by atoms with Crippen LogP contribution in [-0.4, -0.2) is 52.9 Å². The maximum Gasteiger partial charge on any atom is 0.407 e. The highest BCUT2D eigenvalue weighted by molar-refractivity contribution is 7.91. The fraction of sp³-hybridized carbons (Fsp3) is 0.318. The smallest absolute Gasteiger partial charge is 0.407 e. The zero-order valence-electron chi connectivity index (χ0n) is 18.7. The van der Waals surface area contributed by atoms with E-state index < -0.39 is 21.9 Å². The number of carboxylic acid groups (broad SMARTS) is 1. The summed E-state index contributed by atoms with van der Waals surface area (Å²) >= 11 is 0. The van der Waals surface area contributed by atoms with Crippen LogP contribution >= 0.6 is 0 Å². The van der Waals surface area contributed by atoms with Crippen LogP contribution in [0.5, 0.6) is 5.75 Å². The number of aromatic nitrogens is 3. The normalized spacial score (nSPS) is 11.9. The molecule has 0 fully saturated rings. The molecule has 33 heavy (non-hydrogen) atoms. The third-order valence-electron chi connectivity index (χ3n) is 4.61. The van der Waals surface area contributed by atoms with Crippen molar-refractivity contribution < 1.29 is 27.4 Å². The molecule has 2 heterocycles. The van der Waals surface area contributed by atoms with E-state index in [9.17, 15) is 22.7 Å². The van der Waals surface area contributed by atoms with Gasteiger partial charge in [0.1, 0.15) is 11.4 Å². The molecule has 3 rings (SSSR count). The van der Waals surface area contributed by atoms with Gasteiger partial charge in [0, 0.05) is 18.8 Å². The second-order valence-electron chi connectivity index (χ2n) is 8.58. The molecular formula is C22H25FN4O5S. The zero-order valence-corrected chi connectivity index (χ0v) is 19.5. The highest BCUT2D eigenvalue weighted by Crippen LogP contribution is 2.28. The molecule has 1 N–H and O–H groups in total.